The minimum Gasteiger partial charge on any atom is -0.465 e. The van der Waals surface area contributed by atoms with Crippen LogP contribution < -0.4 is 0 Å². The minimum atomic E-state index is -2.21. The first-order chi connectivity index (χ1) is 9.61. The van der Waals surface area contributed by atoms with Crippen molar-refractivity contribution in [2.75, 3.05) is 12.4 Å². The van der Waals surface area contributed by atoms with Gasteiger partial charge in [0.05, 0.1) is 6.61 Å². The van der Waals surface area contributed by atoms with Gasteiger partial charge >= 0.3 is 5.97 Å². The van der Waals surface area contributed by atoms with Crippen molar-refractivity contribution in [3.05, 3.63) is 0 Å². The van der Waals surface area contributed by atoms with Gasteiger partial charge in [-0.2, -0.15) is 0 Å². The Kier molecular flexibility index (Phi) is 13.4. The van der Waals surface area contributed by atoms with E-state index in [2.05, 4.69) is 6.92 Å². The quantitative estimate of drug-likeness (QED) is 0.351. The molecule has 0 aliphatic heterocycles. The third-order valence-corrected chi connectivity index (χ3v) is 4.27. The van der Waals surface area contributed by atoms with Crippen LogP contribution in [0.3, 0.4) is 0 Å². The fourth-order valence-corrected chi connectivity index (χ4v) is 2.96. The Bertz CT molecular complexity index is 238. The molecule has 0 amide bonds. The molecule has 120 valence electrons. The van der Waals surface area contributed by atoms with Crippen LogP contribution in [0, 0.1) is 0 Å². The summed E-state index contributed by atoms with van der Waals surface area (Å²) in [7, 11) is 0. The van der Waals surface area contributed by atoms with Crippen molar-refractivity contribution >= 4 is 17.7 Å². The Balaban J connectivity index is 3.93. The van der Waals surface area contributed by atoms with Gasteiger partial charge in [-0.25, -0.2) is 8.78 Å². The lowest BCUT2D eigenvalue weighted by Crippen LogP contribution is -2.21. The zero-order valence-corrected chi connectivity index (χ0v) is 13.5. The van der Waals surface area contributed by atoms with Gasteiger partial charge < -0.3 is 4.74 Å². The highest BCUT2D eigenvalue weighted by Gasteiger charge is 2.19. The number of carbonyl (C=O) groups excluding carboxylic acids is 1. The number of alkyl halides is 2. The molecule has 0 bridgehead atoms. The molecule has 0 heterocycles. The van der Waals surface area contributed by atoms with Crippen LogP contribution in [0.25, 0.3) is 0 Å². The van der Waals surface area contributed by atoms with Gasteiger partial charge in [0, 0.05) is 6.42 Å². The Hall–Kier alpha value is -0.320. The molecule has 1 unspecified atom stereocenters. The van der Waals surface area contributed by atoms with Gasteiger partial charge in [0.1, 0.15) is 5.25 Å². The molecule has 0 N–H and O–H groups in total. The highest BCUT2D eigenvalue weighted by atomic mass is 32.2. The molecule has 0 saturated carbocycles. The molecule has 1 atom stereocenters. The van der Waals surface area contributed by atoms with Crippen LogP contribution in [-0.4, -0.2) is 30.0 Å². The van der Waals surface area contributed by atoms with E-state index in [9.17, 15) is 13.6 Å². The Morgan fingerprint density at radius 2 is 1.75 bits per heavy atom. The third kappa shape index (κ3) is 11.5. The van der Waals surface area contributed by atoms with E-state index in [-0.39, 0.29) is 17.6 Å². The SMILES string of the molecule is CCCCCC(SCCCCC(F)F)C(=O)OCCC. The molecule has 0 aromatic rings. The van der Waals surface area contributed by atoms with Crippen LogP contribution in [-0.2, 0) is 9.53 Å². The normalized spacial score (nSPS) is 12.7. The monoisotopic (exact) mass is 310 g/mol. The molecule has 0 spiro atoms. The molecule has 0 radical (unpaired) electrons. The zero-order chi connectivity index (χ0) is 15.2. The minimum absolute atomic E-state index is 0.0403. The van der Waals surface area contributed by atoms with Gasteiger partial charge in [0.15, 0.2) is 0 Å². The van der Waals surface area contributed by atoms with Gasteiger partial charge in [0.2, 0.25) is 6.43 Å². The van der Waals surface area contributed by atoms with E-state index in [1.807, 2.05) is 6.92 Å². The molecule has 0 aromatic heterocycles. The summed E-state index contributed by atoms with van der Waals surface area (Å²) >= 11 is 1.56. The summed E-state index contributed by atoms with van der Waals surface area (Å²) in [6.45, 7) is 4.56. The standard InChI is InChI=1S/C15H28F2O2S/c1-3-5-6-9-13(15(18)19-11-4-2)20-12-8-7-10-14(16)17/h13-14H,3-12H2,1-2H3. The van der Waals surface area contributed by atoms with E-state index in [1.54, 1.807) is 11.8 Å². The van der Waals surface area contributed by atoms with E-state index in [0.29, 0.717) is 13.0 Å². The summed E-state index contributed by atoms with van der Waals surface area (Å²) in [6, 6.07) is 0. The van der Waals surface area contributed by atoms with E-state index in [4.69, 9.17) is 4.74 Å². The third-order valence-electron chi connectivity index (χ3n) is 2.92. The van der Waals surface area contributed by atoms with Gasteiger partial charge in [-0.15, -0.1) is 11.8 Å². The van der Waals surface area contributed by atoms with E-state index >= 15 is 0 Å². The smallest absolute Gasteiger partial charge is 0.319 e. The van der Waals surface area contributed by atoms with Crippen LogP contribution in [0.15, 0.2) is 0 Å². The number of halogens is 2. The molecule has 0 saturated heterocycles. The lowest BCUT2D eigenvalue weighted by molar-refractivity contribution is -0.143. The second kappa shape index (κ2) is 13.7. The molecule has 5 heteroatoms. The van der Waals surface area contributed by atoms with Gasteiger partial charge in [0.25, 0.3) is 0 Å². The van der Waals surface area contributed by atoms with Crippen LogP contribution in [0.1, 0.15) is 65.2 Å². The van der Waals surface area contributed by atoms with Crippen molar-refractivity contribution in [3.63, 3.8) is 0 Å². The predicted molar refractivity (Wildman–Crippen MR) is 81.5 cm³/mol. The van der Waals surface area contributed by atoms with Gasteiger partial charge in [-0.1, -0.05) is 33.1 Å². The van der Waals surface area contributed by atoms with E-state index in [1.165, 1.54) is 0 Å². The molecule has 2 nitrogen and oxygen atoms in total. The Morgan fingerprint density at radius 1 is 1.05 bits per heavy atom. The number of esters is 1. The predicted octanol–water partition coefficient (Wildman–Crippen LogP) is 5.06. The first-order valence-corrected chi connectivity index (χ1v) is 8.73. The van der Waals surface area contributed by atoms with Crippen LogP contribution in [0.2, 0.25) is 0 Å². The van der Waals surface area contributed by atoms with E-state index < -0.39 is 6.43 Å². The van der Waals surface area contributed by atoms with Crippen molar-refractivity contribution in [3.8, 4) is 0 Å². The van der Waals surface area contributed by atoms with Crippen LogP contribution >= 0.6 is 11.8 Å². The molecule has 0 aromatic carbocycles. The lowest BCUT2D eigenvalue weighted by Gasteiger charge is -2.15. The van der Waals surface area contributed by atoms with Crippen molar-refractivity contribution in [1.29, 1.82) is 0 Å². The van der Waals surface area contributed by atoms with Crippen molar-refractivity contribution < 1.29 is 18.3 Å². The molecule has 20 heavy (non-hydrogen) atoms. The summed E-state index contributed by atoms with van der Waals surface area (Å²) in [5.41, 5.74) is 0. The van der Waals surface area contributed by atoms with Crippen LogP contribution in [0.5, 0.6) is 0 Å². The first-order valence-electron chi connectivity index (χ1n) is 7.68. The van der Waals surface area contributed by atoms with Crippen molar-refractivity contribution in [2.45, 2.75) is 76.9 Å². The number of ether oxygens (including phenoxy) is 1. The number of hydrogen-bond donors (Lipinski definition) is 0. The fourth-order valence-electron chi connectivity index (χ4n) is 1.77. The molecular formula is C15H28F2O2S. The molecular weight excluding hydrogens is 282 g/mol. The molecule has 0 aliphatic carbocycles. The van der Waals surface area contributed by atoms with E-state index in [0.717, 1.165) is 44.3 Å². The number of thioether (sulfide) groups is 1. The number of hydrogen-bond acceptors (Lipinski definition) is 3. The lowest BCUT2D eigenvalue weighted by atomic mass is 10.1. The summed E-state index contributed by atoms with van der Waals surface area (Å²) in [4.78, 5) is 11.9. The average Bonchev–Trinajstić information content (AvgIpc) is 2.42. The van der Waals surface area contributed by atoms with Crippen molar-refractivity contribution in [1.82, 2.24) is 0 Å². The summed E-state index contributed by atoms with van der Waals surface area (Å²) in [5, 5.41) is -0.125. The number of rotatable bonds is 13. The van der Waals surface area contributed by atoms with Gasteiger partial charge in [-0.05, 0) is 31.4 Å². The second-order valence-corrected chi connectivity index (χ2v) is 6.22. The first kappa shape index (κ1) is 19.7. The Morgan fingerprint density at radius 3 is 2.35 bits per heavy atom. The second-order valence-electron chi connectivity index (χ2n) is 4.91. The highest BCUT2D eigenvalue weighted by Crippen LogP contribution is 2.22. The largest absolute Gasteiger partial charge is 0.465 e. The average molecular weight is 310 g/mol. The maximum Gasteiger partial charge on any atom is 0.319 e. The fraction of sp³-hybridized carbons (Fsp3) is 0.933. The highest BCUT2D eigenvalue weighted by molar-refractivity contribution is 8.00. The number of unbranched alkanes of at least 4 members (excludes halogenated alkanes) is 3. The van der Waals surface area contributed by atoms with Gasteiger partial charge in [-0.3, -0.25) is 4.79 Å². The summed E-state index contributed by atoms with van der Waals surface area (Å²) < 4.78 is 29.2. The number of carbonyl (C=O) groups is 1. The molecule has 0 aliphatic rings. The Labute approximate surface area is 126 Å². The van der Waals surface area contributed by atoms with Crippen LogP contribution in [0.4, 0.5) is 8.78 Å². The topological polar surface area (TPSA) is 26.3 Å². The zero-order valence-electron chi connectivity index (χ0n) is 12.7. The molecule has 0 fully saturated rings. The summed E-state index contributed by atoms with van der Waals surface area (Å²) in [6.07, 6.45) is 3.92. The maximum atomic E-state index is 12.0. The van der Waals surface area contributed by atoms with Crippen molar-refractivity contribution in [2.24, 2.45) is 0 Å². The maximum absolute atomic E-state index is 12.0. The molecule has 0 rings (SSSR count). The summed E-state index contributed by atoms with van der Waals surface area (Å²) in [5.74, 6) is 0.617.